The highest BCUT2D eigenvalue weighted by Gasteiger charge is 2.30. The fourth-order valence-electron chi connectivity index (χ4n) is 5.29. The molecule has 0 radical (unpaired) electrons. The maximum absolute atomic E-state index is 15.3. The van der Waals surface area contributed by atoms with Gasteiger partial charge >= 0.3 is 5.97 Å². The topological polar surface area (TPSA) is 46.5 Å². The molecule has 39 heavy (non-hydrogen) atoms. The summed E-state index contributed by atoms with van der Waals surface area (Å²) in [6.45, 7) is 6.00. The Morgan fingerprint density at radius 2 is 1.79 bits per heavy atom. The monoisotopic (exact) mass is 540 g/mol. The highest BCUT2D eigenvalue weighted by molar-refractivity contribution is 5.85. The summed E-state index contributed by atoms with van der Waals surface area (Å²) in [5, 5.41) is 9.19. The molecule has 0 amide bonds. The number of hydrogen-bond acceptors (Lipinski definition) is 2. The number of halogens is 4. The van der Waals surface area contributed by atoms with Gasteiger partial charge in [0.25, 0.3) is 6.43 Å². The molecule has 0 heterocycles. The molecule has 4 rings (SSSR count). The molecule has 1 aliphatic rings. The molecule has 3 aromatic rings. The Balaban J connectivity index is 1.70. The second-order valence-corrected chi connectivity index (χ2v) is 10.6. The van der Waals surface area contributed by atoms with Crippen LogP contribution >= 0.6 is 0 Å². The van der Waals surface area contributed by atoms with Gasteiger partial charge in [-0.1, -0.05) is 57.2 Å². The minimum atomic E-state index is -2.73. The number of rotatable bonds is 10. The van der Waals surface area contributed by atoms with Crippen LogP contribution < -0.4 is 4.74 Å². The number of alkyl halides is 2. The third-order valence-corrected chi connectivity index (χ3v) is 7.49. The summed E-state index contributed by atoms with van der Waals surface area (Å²) in [5.74, 6) is -2.65. The van der Waals surface area contributed by atoms with Crippen LogP contribution in [-0.4, -0.2) is 11.1 Å². The second kappa shape index (κ2) is 11.6. The first kappa shape index (κ1) is 28.4. The third kappa shape index (κ3) is 6.18. The molecule has 0 unspecified atom stereocenters. The lowest BCUT2D eigenvalue weighted by Gasteiger charge is -2.25. The van der Waals surface area contributed by atoms with Crippen molar-refractivity contribution in [3.8, 4) is 16.9 Å². The molecule has 1 atom stereocenters. The van der Waals surface area contributed by atoms with Gasteiger partial charge in [-0.05, 0) is 82.7 Å². The Labute approximate surface area is 226 Å². The SMILES string of the molecule is CC[C@@H](CC(=O)O)c1cccc(OCc2ccc(-c3cc(C(F)F)ccc3F)c(C3=CCCC3(C)C)c2)c1F. The molecule has 0 aromatic heterocycles. The van der Waals surface area contributed by atoms with Crippen LogP contribution in [0.4, 0.5) is 17.6 Å². The van der Waals surface area contributed by atoms with Gasteiger partial charge in [-0.25, -0.2) is 17.6 Å². The first-order valence-electron chi connectivity index (χ1n) is 13.1. The zero-order chi connectivity index (χ0) is 28.3. The van der Waals surface area contributed by atoms with E-state index in [0.29, 0.717) is 23.1 Å². The van der Waals surface area contributed by atoms with Crippen LogP contribution in [0.2, 0.25) is 0 Å². The molecule has 3 aromatic carbocycles. The summed E-state index contributed by atoms with van der Waals surface area (Å²) < 4.78 is 62.9. The smallest absolute Gasteiger partial charge is 0.303 e. The van der Waals surface area contributed by atoms with Gasteiger partial charge < -0.3 is 9.84 Å². The number of carboxylic acid groups (broad SMARTS) is 1. The average Bonchev–Trinajstić information content (AvgIpc) is 3.25. The molecular weight excluding hydrogens is 508 g/mol. The van der Waals surface area contributed by atoms with E-state index in [0.717, 1.165) is 36.1 Å². The van der Waals surface area contributed by atoms with E-state index in [1.807, 2.05) is 13.0 Å². The van der Waals surface area contributed by atoms with Gasteiger partial charge in [0, 0.05) is 11.1 Å². The van der Waals surface area contributed by atoms with E-state index in [-0.39, 0.29) is 35.3 Å². The van der Waals surface area contributed by atoms with Crippen molar-refractivity contribution in [3.63, 3.8) is 0 Å². The summed E-state index contributed by atoms with van der Waals surface area (Å²) in [5.41, 5.74) is 2.86. The standard InChI is InChI=1S/C32H32F4O3/c1-4-20(17-29(37)38)22-7-5-9-28(30(22)34)39-18-19-10-12-23(24(15-19)26-8-6-14-32(26,2)3)25-16-21(31(35)36)11-13-27(25)33/h5,7-13,15-16,20,31H,4,6,14,17-18H2,1-3H3,(H,37,38)/t20-/m0/s1. The largest absolute Gasteiger partial charge is 0.486 e. The van der Waals surface area contributed by atoms with Crippen LogP contribution in [0, 0.1) is 17.0 Å². The Hall–Kier alpha value is -3.61. The normalized spacial score (nSPS) is 15.3. The van der Waals surface area contributed by atoms with Gasteiger partial charge in [0.2, 0.25) is 0 Å². The number of benzene rings is 3. The van der Waals surface area contributed by atoms with Crippen molar-refractivity contribution in [2.45, 2.75) is 65.4 Å². The Morgan fingerprint density at radius 1 is 1.03 bits per heavy atom. The molecule has 7 heteroatoms. The van der Waals surface area contributed by atoms with Gasteiger partial charge in [-0.3, -0.25) is 4.79 Å². The lowest BCUT2D eigenvalue weighted by Crippen LogP contribution is -2.11. The summed E-state index contributed by atoms with van der Waals surface area (Å²) in [7, 11) is 0. The molecule has 0 spiro atoms. The fraction of sp³-hybridized carbons (Fsp3) is 0.344. The van der Waals surface area contributed by atoms with Crippen LogP contribution in [-0.2, 0) is 11.4 Å². The molecule has 206 valence electrons. The summed E-state index contributed by atoms with van der Waals surface area (Å²) in [6.07, 6.45) is 1.39. The summed E-state index contributed by atoms with van der Waals surface area (Å²) in [6, 6.07) is 13.3. The van der Waals surface area contributed by atoms with E-state index in [4.69, 9.17) is 4.74 Å². The Bertz CT molecular complexity index is 1390. The van der Waals surface area contributed by atoms with E-state index in [2.05, 4.69) is 19.9 Å². The lowest BCUT2D eigenvalue weighted by atomic mass is 9.79. The van der Waals surface area contributed by atoms with Gasteiger partial charge in [-0.15, -0.1) is 0 Å². The zero-order valence-electron chi connectivity index (χ0n) is 22.2. The first-order chi connectivity index (χ1) is 18.5. The molecule has 0 bridgehead atoms. The molecule has 1 aliphatic carbocycles. The number of carboxylic acids is 1. The molecule has 1 N–H and O–H groups in total. The van der Waals surface area contributed by atoms with E-state index >= 15 is 4.39 Å². The number of ether oxygens (including phenoxy) is 1. The van der Waals surface area contributed by atoms with Crippen molar-refractivity contribution in [1.82, 2.24) is 0 Å². The maximum Gasteiger partial charge on any atom is 0.303 e. The minimum Gasteiger partial charge on any atom is -0.486 e. The van der Waals surface area contributed by atoms with E-state index in [1.165, 1.54) is 12.1 Å². The van der Waals surface area contributed by atoms with E-state index in [1.54, 1.807) is 24.3 Å². The van der Waals surface area contributed by atoms with Crippen molar-refractivity contribution >= 4 is 11.5 Å². The number of hydrogen-bond donors (Lipinski definition) is 1. The van der Waals surface area contributed by atoms with E-state index < -0.39 is 29.9 Å². The predicted octanol–water partition coefficient (Wildman–Crippen LogP) is 9.32. The molecule has 0 aliphatic heterocycles. The van der Waals surface area contributed by atoms with Gasteiger partial charge in [0.15, 0.2) is 11.6 Å². The average molecular weight is 541 g/mol. The highest BCUT2D eigenvalue weighted by Crippen LogP contribution is 2.47. The lowest BCUT2D eigenvalue weighted by molar-refractivity contribution is -0.137. The highest BCUT2D eigenvalue weighted by atomic mass is 19.3. The quantitative estimate of drug-likeness (QED) is 0.261. The van der Waals surface area contributed by atoms with Crippen molar-refractivity contribution in [2.75, 3.05) is 0 Å². The van der Waals surface area contributed by atoms with E-state index in [9.17, 15) is 23.1 Å². The molecule has 3 nitrogen and oxygen atoms in total. The minimum absolute atomic E-state index is 0.0106. The van der Waals surface area contributed by atoms with Crippen molar-refractivity contribution in [3.05, 3.63) is 94.6 Å². The van der Waals surface area contributed by atoms with Crippen LogP contribution in [0.25, 0.3) is 16.7 Å². The molecule has 0 saturated carbocycles. The fourth-order valence-corrected chi connectivity index (χ4v) is 5.29. The summed E-state index contributed by atoms with van der Waals surface area (Å²) >= 11 is 0. The van der Waals surface area contributed by atoms with Crippen LogP contribution in [0.1, 0.15) is 81.1 Å². The van der Waals surface area contributed by atoms with Gasteiger partial charge in [0.1, 0.15) is 12.4 Å². The molecule has 0 fully saturated rings. The van der Waals surface area contributed by atoms with Gasteiger partial charge in [-0.2, -0.15) is 0 Å². The second-order valence-electron chi connectivity index (χ2n) is 10.6. The summed E-state index contributed by atoms with van der Waals surface area (Å²) in [4.78, 5) is 11.2. The van der Waals surface area contributed by atoms with Crippen molar-refractivity contribution < 1.29 is 32.2 Å². The molecule has 0 saturated heterocycles. The Morgan fingerprint density at radius 3 is 2.44 bits per heavy atom. The van der Waals surface area contributed by atoms with Crippen LogP contribution in [0.15, 0.2) is 60.7 Å². The number of allylic oxidation sites excluding steroid dienone is 2. The van der Waals surface area contributed by atoms with Crippen molar-refractivity contribution in [1.29, 1.82) is 0 Å². The number of carbonyl (C=O) groups is 1. The van der Waals surface area contributed by atoms with Crippen LogP contribution in [0.5, 0.6) is 5.75 Å². The first-order valence-corrected chi connectivity index (χ1v) is 13.1. The van der Waals surface area contributed by atoms with Crippen molar-refractivity contribution in [2.24, 2.45) is 5.41 Å². The number of aliphatic carboxylic acids is 1. The van der Waals surface area contributed by atoms with Crippen LogP contribution in [0.3, 0.4) is 0 Å². The Kier molecular flexibility index (Phi) is 8.48. The maximum atomic E-state index is 15.3. The zero-order valence-corrected chi connectivity index (χ0v) is 22.2. The predicted molar refractivity (Wildman–Crippen MR) is 144 cm³/mol. The third-order valence-electron chi connectivity index (χ3n) is 7.49. The van der Waals surface area contributed by atoms with Gasteiger partial charge in [0.05, 0.1) is 6.42 Å². The molecular formula is C32H32F4O3.